The minimum atomic E-state index is 0.193. The quantitative estimate of drug-likeness (QED) is 0.877. The van der Waals surface area contributed by atoms with Crippen LogP contribution in [0.5, 0.6) is 5.75 Å². The summed E-state index contributed by atoms with van der Waals surface area (Å²) >= 11 is 1.87. The standard InChI is InChI=1S/C21H26N2O2S/c1-16-12-13-23(19-6-4-5-7-20(19)26-16)21(24)15-22(2)14-17-8-10-18(25-3)11-9-17/h4-11,16H,12-15H2,1-3H3/p+1/t16-/m0/s1. The van der Waals surface area contributed by atoms with E-state index in [0.29, 0.717) is 11.8 Å². The number of methoxy groups -OCH3 is 1. The number of thioether (sulfide) groups is 1. The van der Waals surface area contributed by atoms with E-state index in [-0.39, 0.29) is 5.91 Å². The molecule has 3 rings (SSSR count). The van der Waals surface area contributed by atoms with Gasteiger partial charge in [0.15, 0.2) is 6.54 Å². The van der Waals surface area contributed by atoms with Crippen molar-refractivity contribution in [3.05, 3.63) is 54.1 Å². The summed E-state index contributed by atoms with van der Waals surface area (Å²) in [5.41, 5.74) is 2.26. The first-order valence-corrected chi connectivity index (χ1v) is 9.95. The maximum absolute atomic E-state index is 13.0. The summed E-state index contributed by atoms with van der Waals surface area (Å²) in [6, 6.07) is 16.3. The molecule has 0 spiro atoms. The fourth-order valence-corrected chi connectivity index (χ4v) is 4.37. The summed E-state index contributed by atoms with van der Waals surface area (Å²) in [6.07, 6.45) is 1.02. The lowest BCUT2D eigenvalue weighted by atomic mass is 10.2. The molecule has 0 saturated heterocycles. The highest BCUT2D eigenvalue weighted by Gasteiger charge is 2.25. The lowest BCUT2D eigenvalue weighted by Crippen LogP contribution is -3.09. The average molecular weight is 372 g/mol. The Morgan fingerprint density at radius 1 is 1.23 bits per heavy atom. The van der Waals surface area contributed by atoms with Crippen LogP contribution in [0.3, 0.4) is 0 Å². The van der Waals surface area contributed by atoms with Gasteiger partial charge in [0, 0.05) is 22.3 Å². The molecule has 26 heavy (non-hydrogen) atoms. The van der Waals surface area contributed by atoms with Crippen LogP contribution in [0, 0.1) is 0 Å². The van der Waals surface area contributed by atoms with E-state index in [4.69, 9.17) is 4.74 Å². The van der Waals surface area contributed by atoms with E-state index in [1.54, 1.807) is 7.11 Å². The number of carbonyl (C=O) groups excluding carboxylic acids is 1. The molecule has 4 nitrogen and oxygen atoms in total. The Morgan fingerprint density at radius 3 is 2.69 bits per heavy atom. The van der Waals surface area contributed by atoms with Crippen LogP contribution in [0.4, 0.5) is 5.69 Å². The maximum Gasteiger partial charge on any atom is 0.282 e. The molecular formula is C21H27N2O2S+. The van der Waals surface area contributed by atoms with Crippen LogP contribution in [-0.2, 0) is 11.3 Å². The molecule has 5 heteroatoms. The number of amides is 1. The van der Waals surface area contributed by atoms with Gasteiger partial charge in [-0.2, -0.15) is 0 Å². The molecule has 1 aliphatic heterocycles. The Balaban J connectivity index is 1.66. The summed E-state index contributed by atoms with van der Waals surface area (Å²) < 4.78 is 5.20. The monoisotopic (exact) mass is 371 g/mol. The van der Waals surface area contributed by atoms with Gasteiger partial charge in [-0.1, -0.05) is 19.1 Å². The smallest absolute Gasteiger partial charge is 0.282 e. The summed E-state index contributed by atoms with van der Waals surface area (Å²) in [7, 11) is 3.74. The van der Waals surface area contributed by atoms with Gasteiger partial charge in [-0.05, 0) is 42.8 Å². The molecule has 2 aromatic rings. The van der Waals surface area contributed by atoms with Crippen LogP contribution in [0.1, 0.15) is 18.9 Å². The van der Waals surface area contributed by atoms with E-state index in [1.165, 1.54) is 15.4 Å². The molecule has 1 amide bonds. The van der Waals surface area contributed by atoms with Crippen molar-refractivity contribution in [2.24, 2.45) is 0 Å². The highest BCUT2D eigenvalue weighted by atomic mass is 32.2. The molecule has 138 valence electrons. The summed E-state index contributed by atoms with van der Waals surface area (Å²) in [6.45, 7) is 4.33. The van der Waals surface area contributed by atoms with Gasteiger partial charge in [0.25, 0.3) is 5.91 Å². The van der Waals surface area contributed by atoms with Crippen LogP contribution in [0.2, 0.25) is 0 Å². The van der Waals surface area contributed by atoms with Crippen molar-refractivity contribution in [1.29, 1.82) is 0 Å². The van der Waals surface area contributed by atoms with E-state index in [2.05, 4.69) is 38.2 Å². The van der Waals surface area contributed by atoms with Crippen LogP contribution in [0.25, 0.3) is 0 Å². The van der Waals surface area contributed by atoms with Gasteiger partial charge in [-0.15, -0.1) is 11.8 Å². The van der Waals surface area contributed by atoms with Crippen molar-refractivity contribution in [2.45, 2.75) is 30.0 Å². The third-order valence-electron chi connectivity index (χ3n) is 4.66. The lowest BCUT2D eigenvalue weighted by molar-refractivity contribution is -0.885. The second-order valence-electron chi connectivity index (χ2n) is 6.89. The topological polar surface area (TPSA) is 34.0 Å². The number of nitrogens with one attached hydrogen (secondary N) is 1. The molecule has 0 aliphatic carbocycles. The highest BCUT2D eigenvalue weighted by Crippen LogP contribution is 2.37. The Labute approximate surface area is 160 Å². The average Bonchev–Trinajstić information content (AvgIpc) is 2.80. The zero-order valence-corrected chi connectivity index (χ0v) is 16.5. The number of fused-ring (bicyclic) bond motifs is 1. The molecule has 1 heterocycles. The molecule has 0 aromatic heterocycles. The van der Waals surface area contributed by atoms with Crippen LogP contribution < -0.4 is 14.5 Å². The maximum atomic E-state index is 13.0. The molecule has 0 bridgehead atoms. The molecule has 2 aromatic carbocycles. The zero-order valence-electron chi connectivity index (χ0n) is 15.7. The molecule has 0 saturated carbocycles. The van der Waals surface area contributed by atoms with E-state index in [9.17, 15) is 4.79 Å². The minimum absolute atomic E-state index is 0.193. The molecule has 2 atom stereocenters. The van der Waals surface area contributed by atoms with Crippen molar-refractivity contribution >= 4 is 23.4 Å². The number of hydrogen-bond acceptors (Lipinski definition) is 3. The van der Waals surface area contributed by atoms with E-state index < -0.39 is 0 Å². The van der Waals surface area contributed by atoms with Crippen LogP contribution in [-0.4, -0.2) is 38.4 Å². The van der Waals surface area contributed by atoms with Gasteiger partial charge in [0.1, 0.15) is 12.3 Å². The summed E-state index contributed by atoms with van der Waals surface area (Å²) in [5, 5.41) is 0.526. The fourth-order valence-electron chi connectivity index (χ4n) is 3.25. The number of benzene rings is 2. The van der Waals surface area contributed by atoms with Gasteiger partial charge in [0.2, 0.25) is 0 Å². The van der Waals surface area contributed by atoms with Crippen LogP contribution >= 0.6 is 11.8 Å². The molecule has 1 N–H and O–H groups in total. The summed E-state index contributed by atoms with van der Waals surface area (Å²) in [4.78, 5) is 17.4. The predicted molar refractivity (Wildman–Crippen MR) is 107 cm³/mol. The Kier molecular flexibility index (Phi) is 6.22. The van der Waals surface area contributed by atoms with Gasteiger partial charge in [-0.25, -0.2) is 0 Å². The number of rotatable bonds is 5. The van der Waals surface area contributed by atoms with E-state index in [1.807, 2.05) is 40.9 Å². The number of likely N-dealkylation sites (N-methyl/N-ethyl adjacent to an activating group) is 1. The number of hydrogen-bond donors (Lipinski definition) is 1. The first kappa shape index (κ1) is 18.8. The van der Waals surface area contributed by atoms with Crippen molar-refractivity contribution in [1.82, 2.24) is 0 Å². The molecular weight excluding hydrogens is 344 g/mol. The molecule has 0 fully saturated rings. The zero-order chi connectivity index (χ0) is 18.5. The van der Waals surface area contributed by atoms with Gasteiger partial charge in [-0.3, -0.25) is 4.79 Å². The van der Waals surface area contributed by atoms with Gasteiger partial charge < -0.3 is 14.5 Å². The molecule has 0 radical (unpaired) electrons. The number of carbonyl (C=O) groups is 1. The summed E-state index contributed by atoms with van der Waals surface area (Å²) in [5.74, 6) is 1.05. The largest absolute Gasteiger partial charge is 0.497 e. The van der Waals surface area contributed by atoms with Crippen molar-refractivity contribution < 1.29 is 14.4 Å². The van der Waals surface area contributed by atoms with Crippen LogP contribution in [0.15, 0.2) is 53.4 Å². The second-order valence-corrected chi connectivity index (χ2v) is 8.37. The fraction of sp³-hybridized carbons (Fsp3) is 0.381. The number of quaternary nitrogens is 1. The molecule has 1 unspecified atom stereocenters. The third-order valence-corrected chi connectivity index (χ3v) is 5.90. The third kappa shape index (κ3) is 4.59. The van der Waals surface area contributed by atoms with E-state index in [0.717, 1.165) is 30.9 Å². The van der Waals surface area contributed by atoms with Crippen molar-refractivity contribution in [2.75, 3.05) is 32.1 Å². The Morgan fingerprint density at radius 2 is 1.96 bits per heavy atom. The minimum Gasteiger partial charge on any atom is -0.497 e. The first-order chi connectivity index (χ1) is 12.6. The highest BCUT2D eigenvalue weighted by molar-refractivity contribution is 8.00. The Hall–Kier alpha value is -1.98. The molecule has 1 aliphatic rings. The predicted octanol–water partition coefficient (Wildman–Crippen LogP) is 2.63. The second kappa shape index (κ2) is 8.60. The SMILES string of the molecule is COc1ccc(C[NH+](C)CC(=O)N2CC[C@H](C)Sc3ccccc32)cc1. The van der Waals surface area contributed by atoms with Gasteiger partial charge in [0.05, 0.1) is 19.8 Å². The number of nitrogens with zero attached hydrogens (tertiary/aromatic N) is 1. The normalized spacial score (nSPS) is 18.0. The lowest BCUT2D eigenvalue weighted by Gasteiger charge is -2.24. The van der Waals surface area contributed by atoms with Crippen molar-refractivity contribution in [3.63, 3.8) is 0 Å². The Bertz CT molecular complexity index is 748. The van der Waals surface area contributed by atoms with E-state index >= 15 is 0 Å². The number of ether oxygens (including phenoxy) is 1. The number of anilines is 1. The van der Waals surface area contributed by atoms with Gasteiger partial charge >= 0.3 is 0 Å². The first-order valence-electron chi connectivity index (χ1n) is 9.07. The number of para-hydroxylation sites is 1. The van der Waals surface area contributed by atoms with Crippen molar-refractivity contribution in [3.8, 4) is 5.75 Å².